The first-order chi connectivity index (χ1) is 6.90. The van der Waals surface area contributed by atoms with Gasteiger partial charge in [-0.3, -0.25) is 4.79 Å². The Morgan fingerprint density at radius 2 is 2.27 bits per heavy atom. The Morgan fingerprint density at radius 1 is 1.60 bits per heavy atom. The summed E-state index contributed by atoms with van der Waals surface area (Å²) in [4.78, 5) is 12.1. The highest BCUT2D eigenvalue weighted by molar-refractivity contribution is 5.81. The van der Waals surface area contributed by atoms with Gasteiger partial charge in [0.2, 0.25) is 5.91 Å². The number of morpholine rings is 1. The van der Waals surface area contributed by atoms with Crippen molar-refractivity contribution in [2.45, 2.75) is 12.2 Å². The van der Waals surface area contributed by atoms with Crippen molar-refractivity contribution < 1.29 is 22.7 Å². The Morgan fingerprint density at radius 3 is 2.73 bits per heavy atom. The minimum Gasteiger partial charge on any atom is -0.378 e. The number of carbonyl (C=O) groups excluding carboxylic acids is 1. The molecule has 1 N–H and O–H groups in total. The maximum Gasteiger partial charge on any atom is 0.406 e. The Bertz CT molecular complexity index is 226. The van der Waals surface area contributed by atoms with Gasteiger partial charge in [0.1, 0.15) is 12.6 Å². The fourth-order valence-corrected chi connectivity index (χ4v) is 1.34. The van der Waals surface area contributed by atoms with E-state index in [9.17, 15) is 18.0 Å². The molecule has 1 aliphatic rings. The number of hydrogen-bond donors (Lipinski definition) is 1. The Labute approximate surface area is 85.4 Å². The molecule has 0 aromatic rings. The topological polar surface area (TPSA) is 41.6 Å². The molecule has 7 heteroatoms. The molecule has 1 aliphatic heterocycles. The molecule has 0 aromatic carbocycles. The highest BCUT2D eigenvalue weighted by Crippen LogP contribution is 2.16. The second kappa shape index (κ2) is 4.80. The van der Waals surface area contributed by atoms with Crippen LogP contribution in [0.3, 0.4) is 0 Å². The van der Waals surface area contributed by atoms with E-state index < -0.39 is 24.7 Å². The smallest absolute Gasteiger partial charge is 0.378 e. The summed E-state index contributed by atoms with van der Waals surface area (Å²) >= 11 is 0. The van der Waals surface area contributed by atoms with Crippen molar-refractivity contribution in [1.29, 1.82) is 0 Å². The predicted molar refractivity (Wildman–Crippen MR) is 46.3 cm³/mol. The van der Waals surface area contributed by atoms with Crippen LogP contribution in [0.15, 0.2) is 0 Å². The van der Waals surface area contributed by atoms with Gasteiger partial charge in [0.15, 0.2) is 0 Å². The van der Waals surface area contributed by atoms with Crippen LogP contribution in [0.4, 0.5) is 13.2 Å². The molecule has 0 aromatic heterocycles. The molecule has 0 aliphatic carbocycles. The van der Waals surface area contributed by atoms with Gasteiger partial charge in [-0.25, -0.2) is 0 Å². The summed E-state index contributed by atoms with van der Waals surface area (Å²) in [6.07, 6.45) is -4.36. The zero-order valence-electron chi connectivity index (χ0n) is 8.30. The lowest BCUT2D eigenvalue weighted by molar-refractivity contribution is -0.161. The van der Waals surface area contributed by atoms with E-state index >= 15 is 0 Å². The zero-order chi connectivity index (χ0) is 11.5. The van der Waals surface area contributed by atoms with E-state index in [1.54, 1.807) is 0 Å². The minimum atomic E-state index is -4.36. The van der Waals surface area contributed by atoms with Crippen LogP contribution in [0.5, 0.6) is 0 Å². The number of rotatable bonds is 2. The highest BCUT2D eigenvalue weighted by Gasteiger charge is 2.33. The van der Waals surface area contributed by atoms with Gasteiger partial charge in [-0.05, 0) is 0 Å². The molecule has 88 valence electrons. The number of likely N-dealkylation sites (N-methyl/N-ethyl adjacent to an activating group) is 1. The van der Waals surface area contributed by atoms with E-state index in [4.69, 9.17) is 4.74 Å². The van der Waals surface area contributed by atoms with Crippen molar-refractivity contribution in [3.63, 3.8) is 0 Å². The van der Waals surface area contributed by atoms with E-state index in [0.717, 1.165) is 7.05 Å². The molecule has 1 atom stereocenters. The third kappa shape index (κ3) is 4.05. The van der Waals surface area contributed by atoms with Gasteiger partial charge < -0.3 is 15.0 Å². The van der Waals surface area contributed by atoms with Crippen molar-refractivity contribution >= 4 is 5.91 Å². The molecule has 1 rings (SSSR count). The molecule has 15 heavy (non-hydrogen) atoms. The molecular weight excluding hydrogens is 213 g/mol. The van der Waals surface area contributed by atoms with Crippen LogP contribution in [-0.4, -0.2) is 56.4 Å². The molecule has 0 bridgehead atoms. The van der Waals surface area contributed by atoms with E-state index in [2.05, 4.69) is 5.32 Å². The fourth-order valence-electron chi connectivity index (χ4n) is 1.34. The summed E-state index contributed by atoms with van der Waals surface area (Å²) in [7, 11) is 1.13. The summed E-state index contributed by atoms with van der Waals surface area (Å²) in [6.45, 7) is -0.145. The average molecular weight is 226 g/mol. The van der Waals surface area contributed by atoms with Gasteiger partial charge in [0, 0.05) is 13.6 Å². The number of nitrogens with one attached hydrogen (secondary N) is 1. The maximum atomic E-state index is 12.0. The SMILES string of the molecule is CN(CC(F)(F)F)C(=O)C1COCCN1. The van der Waals surface area contributed by atoms with E-state index in [1.165, 1.54) is 0 Å². The molecule has 1 unspecified atom stereocenters. The van der Waals surface area contributed by atoms with Crippen LogP contribution in [0.25, 0.3) is 0 Å². The van der Waals surface area contributed by atoms with E-state index in [0.29, 0.717) is 18.1 Å². The molecule has 0 radical (unpaired) electrons. The number of amides is 1. The van der Waals surface area contributed by atoms with Crippen LogP contribution >= 0.6 is 0 Å². The fraction of sp³-hybridized carbons (Fsp3) is 0.875. The lowest BCUT2D eigenvalue weighted by Gasteiger charge is -2.27. The first kappa shape index (κ1) is 12.3. The Kier molecular flexibility index (Phi) is 3.92. The number of hydrogen-bond acceptors (Lipinski definition) is 3. The Hall–Kier alpha value is -0.820. The molecule has 0 saturated carbocycles. The second-order valence-corrected chi connectivity index (χ2v) is 3.39. The Balaban J connectivity index is 2.44. The number of alkyl halides is 3. The predicted octanol–water partition coefficient (Wildman–Crippen LogP) is -0.00450. The van der Waals surface area contributed by atoms with Crippen molar-refractivity contribution in [3.05, 3.63) is 0 Å². The molecule has 1 fully saturated rings. The normalized spacial score (nSPS) is 22.5. The molecule has 4 nitrogen and oxygen atoms in total. The molecule has 1 heterocycles. The van der Waals surface area contributed by atoms with E-state index in [-0.39, 0.29) is 6.61 Å². The van der Waals surface area contributed by atoms with Crippen molar-refractivity contribution in [2.24, 2.45) is 0 Å². The number of halogens is 3. The first-order valence-electron chi connectivity index (χ1n) is 4.53. The molecular formula is C8H13F3N2O2. The lowest BCUT2D eigenvalue weighted by Crippen LogP contribution is -2.53. The van der Waals surface area contributed by atoms with Crippen molar-refractivity contribution in [3.8, 4) is 0 Å². The minimum absolute atomic E-state index is 0.126. The summed E-state index contributed by atoms with van der Waals surface area (Å²) in [6, 6.07) is -0.661. The van der Waals surface area contributed by atoms with Gasteiger partial charge in [-0.15, -0.1) is 0 Å². The first-order valence-corrected chi connectivity index (χ1v) is 4.53. The van der Waals surface area contributed by atoms with Crippen LogP contribution < -0.4 is 5.32 Å². The van der Waals surface area contributed by atoms with Gasteiger partial charge in [0.05, 0.1) is 13.2 Å². The van der Waals surface area contributed by atoms with Crippen LogP contribution in [-0.2, 0) is 9.53 Å². The number of ether oxygens (including phenoxy) is 1. The highest BCUT2D eigenvalue weighted by atomic mass is 19.4. The van der Waals surface area contributed by atoms with E-state index in [1.807, 2.05) is 0 Å². The van der Waals surface area contributed by atoms with Crippen LogP contribution in [0.1, 0.15) is 0 Å². The van der Waals surface area contributed by atoms with Crippen LogP contribution in [0, 0.1) is 0 Å². The third-order valence-electron chi connectivity index (χ3n) is 2.01. The van der Waals surface area contributed by atoms with Crippen LogP contribution in [0.2, 0.25) is 0 Å². The van der Waals surface area contributed by atoms with Crippen molar-refractivity contribution in [2.75, 3.05) is 33.4 Å². The van der Waals surface area contributed by atoms with Gasteiger partial charge in [-0.2, -0.15) is 13.2 Å². The summed E-state index contributed by atoms with van der Waals surface area (Å²) < 4.78 is 41.0. The third-order valence-corrected chi connectivity index (χ3v) is 2.01. The molecule has 0 spiro atoms. The average Bonchev–Trinajstić information content (AvgIpc) is 2.15. The van der Waals surface area contributed by atoms with Crippen molar-refractivity contribution in [1.82, 2.24) is 10.2 Å². The monoisotopic (exact) mass is 226 g/mol. The standard InChI is InChI=1S/C8H13F3N2O2/c1-13(5-8(9,10)11)7(14)6-4-15-3-2-12-6/h6,12H,2-5H2,1H3. The zero-order valence-corrected chi connectivity index (χ0v) is 8.30. The largest absolute Gasteiger partial charge is 0.406 e. The summed E-state index contributed by atoms with van der Waals surface area (Å²) in [5.41, 5.74) is 0. The van der Waals surface area contributed by atoms with Gasteiger partial charge in [0.25, 0.3) is 0 Å². The number of nitrogens with zero attached hydrogens (tertiary/aromatic N) is 1. The summed E-state index contributed by atoms with van der Waals surface area (Å²) in [5.74, 6) is -0.591. The number of carbonyl (C=O) groups is 1. The van der Waals surface area contributed by atoms with Gasteiger partial charge >= 0.3 is 6.18 Å². The lowest BCUT2D eigenvalue weighted by atomic mass is 10.2. The van der Waals surface area contributed by atoms with Gasteiger partial charge in [-0.1, -0.05) is 0 Å². The quantitative estimate of drug-likeness (QED) is 0.720. The molecule has 1 saturated heterocycles. The second-order valence-electron chi connectivity index (χ2n) is 3.39. The molecule has 1 amide bonds. The summed E-state index contributed by atoms with van der Waals surface area (Å²) in [5, 5.41) is 2.80. The maximum absolute atomic E-state index is 12.0.